The molecule has 19 heavy (non-hydrogen) atoms. The van der Waals surface area contributed by atoms with E-state index in [1.807, 2.05) is 18.2 Å². The second-order valence-corrected chi connectivity index (χ2v) is 6.38. The smallest absolute Gasteiger partial charge is 0.163 e. The summed E-state index contributed by atoms with van der Waals surface area (Å²) in [5, 5.41) is 0. The number of benzene rings is 1. The van der Waals surface area contributed by atoms with Gasteiger partial charge in [-0.2, -0.15) is 0 Å². The van der Waals surface area contributed by atoms with Crippen molar-refractivity contribution < 1.29 is 4.79 Å². The van der Waals surface area contributed by atoms with Crippen molar-refractivity contribution >= 4 is 5.78 Å². The van der Waals surface area contributed by atoms with Crippen molar-refractivity contribution in [2.45, 2.75) is 71.6 Å². The molecular weight excluding hydrogens is 232 g/mol. The Morgan fingerprint density at radius 2 is 1.63 bits per heavy atom. The normalized spacial score (nSPS) is 11.6. The minimum atomic E-state index is 0.0362. The highest BCUT2D eigenvalue weighted by Gasteiger charge is 2.20. The summed E-state index contributed by atoms with van der Waals surface area (Å²) in [7, 11) is 0. The zero-order valence-corrected chi connectivity index (χ0v) is 13.0. The van der Waals surface area contributed by atoms with E-state index in [0.29, 0.717) is 12.2 Å². The third-order valence-electron chi connectivity index (χ3n) is 3.54. The maximum absolute atomic E-state index is 12.3. The first-order valence-electron chi connectivity index (χ1n) is 7.59. The van der Waals surface area contributed by atoms with Crippen molar-refractivity contribution in [3.8, 4) is 0 Å². The van der Waals surface area contributed by atoms with E-state index in [2.05, 4.69) is 33.8 Å². The van der Waals surface area contributed by atoms with Gasteiger partial charge in [0.25, 0.3) is 0 Å². The molecule has 1 rings (SSSR count). The third kappa shape index (κ3) is 5.18. The zero-order chi connectivity index (χ0) is 14.3. The number of ketones is 1. The van der Waals surface area contributed by atoms with Crippen LogP contribution in [0.15, 0.2) is 24.3 Å². The predicted molar refractivity (Wildman–Crippen MR) is 82.8 cm³/mol. The van der Waals surface area contributed by atoms with Gasteiger partial charge in [-0.25, -0.2) is 0 Å². The largest absolute Gasteiger partial charge is 0.294 e. The Balaban J connectivity index is 2.62. The zero-order valence-electron chi connectivity index (χ0n) is 13.0. The molecule has 0 aliphatic carbocycles. The highest BCUT2D eigenvalue weighted by atomic mass is 16.1. The van der Waals surface area contributed by atoms with Gasteiger partial charge in [-0.05, 0) is 17.4 Å². The van der Waals surface area contributed by atoms with Gasteiger partial charge < -0.3 is 0 Å². The van der Waals surface area contributed by atoms with E-state index >= 15 is 0 Å². The van der Waals surface area contributed by atoms with Gasteiger partial charge in [0, 0.05) is 12.0 Å². The van der Waals surface area contributed by atoms with Gasteiger partial charge in [0.2, 0.25) is 0 Å². The van der Waals surface area contributed by atoms with Crippen molar-refractivity contribution in [2.24, 2.45) is 0 Å². The van der Waals surface area contributed by atoms with Crippen LogP contribution in [0, 0.1) is 0 Å². The lowest BCUT2D eigenvalue weighted by atomic mass is 9.82. The number of hydrogen-bond donors (Lipinski definition) is 0. The van der Waals surface area contributed by atoms with Crippen molar-refractivity contribution in [2.75, 3.05) is 0 Å². The van der Waals surface area contributed by atoms with E-state index in [0.717, 1.165) is 12.0 Å². The number of unbranched alkanes of at least 4 members (excludes halogenated alkanes) is 4. The molecule has 0 N–H and O–H groups in total. The van der Waals surface area contributed by atoms with Crippen molar-refractivity contribution in [1.82, 2.24) is 0 Å². The fraction of sp³-hybridized carbons (Fsp3) is 0.611. The predicted octanol–water partition coefficient (Wildman–Crippen LogP) is 5.53. The highest BCUT2D eigenvalue weighted by Crippen LogP contribution is 2.26. The summed E-state index contributed by atoms with van der Waals surface area (Å²) in [6, 6.07) is 8.07. The van der Waals surface area contributed by atoms with Gasteiger partial charge >= 0.3 is 0 Å². The molecule has 0 fully saturated rings. The number of rotatable bonds is 7. The number of hydrogen-bond acceptors (Lipinski definition) is 1. The van der Waals surface area contributed by atoms with Crippen molar-refractivity contribution in [3.05, 3.63) is 35.4 Å². The molecule has 0 heterocycles. The average molecular weight is 260 g/mol. The molecule has 0 bridgehead atoms. The lowest BCUT2D eigenvalue weighted by Gasteiger charge is -2.22. The number of carbonyl (C=O) groups is 1. The van der Waals surface area contributed by atoms with E-state index in [4.69, 9.17) is 0 Å². The van der Waals surface area contributed by atoms with E-state index in [1.54, 1.807) is 0 Å². The molecule has 106 valence electrons. The first-order chi connectivity index (χ1) is 8.96. The Bertz CT molecular complexity index is 398. The van der Waals surface area contributed by atoms with E-state index < -0.39 is 0 Å². The van der Waals surface area contributed by atoms with Gasteiger partial charge in [-0.3, -0.25) is 4.79 Å². The van der Waals surface area contributed by atoms with Crippen LogP contribution in [0.1, 0.15) is 82.1 Å². The SMILES string of the molecule is CCCCCCCC(=O)c1ccccc1C(C)(C)C. The molecule has 0 aliphatic heterocycles. The van der Waals surface area contributed by atoms with Crippen LogP contribution in [-0.4, -0.2) is 5.78 Å². The Kier molecular flexibility index (Phi) is 6.27. The summed E-state index contributed by atoms with van der Waals surface area (Å²) in [6.45, 7) is 8.71. The Morgan fingerprint density at radius 3 is 2.26 bits per heavy atom. The summed E-state index contributed by atoms with van der Waals surface area (Å²) in [6.07, 6.45) is 6.68. The van der Waals surface area contributed by atoms with Crippen molar-refractivity contribution in [3.63, 3.8) is 0 Å². The fourth-order valence-electron chi connectivity index (χ4n) is 2.40. The van der Waals surface area contributed by atoms with Crippen LogP contribution in [0.5, 0.6) is 0 Å². The third-order valence-corrected chi connectivity index (χ3v) is 3.54. The van der Waals surface area contributed by atoms with E-state index in [-0.39, 0.29) is 5.41 Å². The maximum Gasteiger partial charge on any atom is 0.163 e. The molecular formula is C18H28O. The van der Waals surface area contributed by atoms with Gasteiger partial charge in [-0.15, -0.1) is 0 Å². The summed E-state index contributed by atoms with van der Waals surface area (Å²) in [5.74, 6) is 0.307. The van der Waals surface area contributed by atoms with Crippen LogP contribution in [0.2, 0.25) is 0 Å². The molecule has 0 radical (unpaired) electrons. The molecule has 0 unspecified atom stereocenters. The second-order valence-electron chi connectivity index (χ2n) is 6.38. The molecule has 1 aromatic rings. The lowest BCUT2D eigenvalue weighted by Crippen LogP contribution is -2.16. The van der Waals surface area contributed by atoms with Crippen molar-refractivity contribution in [1.29, 1.82) is 0 Å². The van der Waals surface area contributed by atoms with Crippen LogP contribution in [0.3, 0.4) is 0 Å². The molecule has 0 saturated carbocycles. The first kappa shape index (κ1) is 15.9. The molecule has 1 nitrogen and oxygen atoms in total. The monoisotopic (exact) mass is 260 g/mol. The minimum Gasteiger partial charge on any atom is -0.294 e. The number of Topliss-reactive ketones (excluding diaryl/α,β-unsaturated/α-hetero) is 1. The Morgan fingerprint density at radius 1 is 1.00 bits per heavy atom. The molecule has 0 atom stereocenters. The summed E-state index contributed by atoms with van der Waals surface area (Å²) in [5.41, 5.74) is 2.13. The molecule has 1 aromatic carbocycles. The van der Waals surface area contributed by atoms with Gasteiger partial charge in [0.1, 0.15) is 0 Å². The van der Waals surface area contributed by atoms with Crippen LogP contribution < -0.4 is 0 Å². The quantitative estimate of drug-likeness (QED) is 0.465. The molecule has 0 amide bonds. The van der Waals surface area contributed by atoms with Gasteiger partial charge in [0.05, 0.1) is 0 Å². The standard InChI is InChI=1S/C18H28O/c1-5-6-7-8-9-14-17(19)15-12-10-11-13-16(15)18(2,3)4/h10-13H,5-9,14H2,1-4H3. The minimum absolute atomic E-state index is 0.0362. The van der Waals surface area contributed by atoms with Crippen LogP contribution >= 0.6 is 0 Å². The van der Waals surface area contributed by atoms with Crippen LogP contribution in [0.25, 0.3) is 0 Å². The molecule has 0 saturated heterocycles. The first-order valence-corrected chi connectivity index (χ1v) is 7.59. The van der Waals surface area contributed by atoms with Crippen LogP contribution in [0.4, 0.5) is 0 Å². The highest BCUT2D eigenvalue weighted by molar-refractivity contribution is 5.97. The molecule has 0 aromatic heterocycles. The lowest BCUT2D eigenvalue weighted by molar-refractivity contribution is 0.0977. The summed E-state index contributed by atoms with van der Waals surface area (Å²) < 4.78 is 0. The van der Waals surface area contributed by atoms with Gasteiger partial charge in [-0.1, -0.05) is 77.6 Å². The topological polar surface area (TPSA) is 17.1 Å². The molecule has 1 heteroatoms. The average Bonchev–Trinajstić information content (AvgIpc) is 2.37. The maximum atomic E-state index is 12.3. The van der Waals surface area contributed by atoms with E-state index in [9.17, 15) is 4.79 Å². The van der Waals surface area contributed by atoms with Gasteiger partial charge in [0.15, 0.2) is 5.78 Å². The van der Waals surface area contributed by atoms with Crippen LogP contribution in [-0.2, 0) is 5.41 Å². The fourth-order valence-corrected chi connectivity index (χ4v) is 2.40. The number of carbonyl (C=O) groups excluding carboxylic acids is 1. The molecule has 0 spiro atoms. The van der Waals surface area contributed by atoms with E-state index in [1.165, 1.54) is 31.2 Å². The Hall–Kier alpha value is -1.11. The molecule has 0 aliphatic rings. The Labute approximate surface area is 118 Å². The summed E-state index contributed by atoms with van der Waals surface area (Å²) in [4.78, 5) is 12.3. The summed E-state index contributed by atoms with van der Waals surface area (Å²) >= 11 is 0. The second kappa shape index (κ2) is 7.47.